The van der Waals surface area contributed by atoms with Crippen molar-refractivity contribution in [1.29, 1.82) is 0 Å². The molecule has 0 aliphatic rings. The SMILES string of the molecule is Nc1nc2nc(-c3ccc(Br)cn3)[nH]c2c(=O)[nH]1. The van der Waals surface area contributed by atoms with Crippen molar-refractivity contribution in [2.75, 3.05) is 5.73 Å². The van der Waals surface area contributed by atoms with Crippen molar-refractivity contribution >= 4 is 33.0 Å². The molecule has 0 aliphatic heterocycles. The van der Waals surface area contributed by atoms with Crippen LogP contribution in [0.5, 0.6) is 0 Å². The van der Waals surface area contributed by atoms with E-state index in [2.05, 4.69) is 40.8 Å². The van der Waals surface area contributed by atoms with Crippen LogP contribution >= 0.6 is 15.9 Å². The Balaban J connectivity index is 2.22. The first kappa shape index (κ1) is 10.9. The molecule has 0 unspecified atom stereocenters. The fourth-order valence-corrected chi connectivity index (χ4v) is 1.80. The maximum absolute atomic E-state index is 11.6. The Kier molecular flexibility index (Phi) is 2.37. The van der Waals surface area contributed by atoms with E-state index in [1.165, 1.54) is 0 Å². The van der Waals surface area contributed by atoms with Crippen LogP contribution in [-0.4, -0.2) is 24.9 Å². The van der Waals surface area contributed by atoms with Gasteiger partial charge in [-0.1, -0.05) is 0 Å². The van der Waals surface area contributed by atoms with E-state index in [-0.39, 0.29) is 22.7 Å². The second-order valence-corrected chi connectivity index (χ2v) is 4.51. The van der Waals surface area contributed by atoms with Gasteiger partial charge < -0.3 is 10.7 Å². The zero-order chi connectivity index (χ0) is 12.7. The third kappa shape index (κ3) is 1.76. The van der Waals surface area contributed by atoms with E-state index in [1.54, 1.807) is 12.3 Å². The molecule has 0 saturated heterocycles. The molecular formula is C10H7BrN6O. The predicted octanol–water partition coefficient (Wildman–Crippen LogP) is 1.05. The summed E-state index contributed by atoms with van der Waals surface area (Å²) in [5.74, 6) is 0.510. The van der Waals surface area contributed by atoms with E-state index in [4.69, 9.17) is 5.73 Å². The third-order valence-electron chi connectivity index (χ3n) is 2.35. The lowest BCUT2D eigenvalue weighted by atomic mass is 10.3. The molecule has 0 amide bonds. The minimum Gasteiger partial charge on any atom is -0.369 e. The fraction of sp³-hybridized carbons (Fsp3) is 0. The van der Waals surface area contributed by atoms with E-state index >= 15 is 0 Å². The molecule has 3 heterocycles. The van der Waals surface area contributed by atoms with Gasteiger partial charge in [0.25, 0.3) is 5.56 Å². The molecule has 0 bridgehead atoms. The van der Waals surface area contributed by atoms with Gasteiger partial charge in [-0.3, -0.25) is 14.8 Å². The molecule has 0 saturated carbocycles. The molecule has 0 atom stereocenters. The first-order valence-electron chi connectivity index (χ1n) is 5.01. The number of anilines is 1. The zero-order valence-electron chi connectivity index (χ0n) is 8.94. The van der Waals surface area contributed by atoms with Gasteiger partial charge in [-0.05, 0) is 28.1 Å². The van der Waals surface area contributed by atoms with Gasteiger partial charge in [-0.15, -0.1) is 0 Å². The average molecular weight is 307 g/mol. The number of nitrogens with zero attached hydrogens (tertiary/aromatic N) is 3. The number of nitrogens with two attached hydrogens (primary N) is 1. The number of halogens is 1. The molecule has 18 heavy (non-hydrogen) atoms. The number of imidazole rings is 1. The number of H-pyrrole nitrogens is 2. The summed E-state index contributed by atoms with van der Waals surface area (Å²) in [4.78, 5) is 29.2. The minimum atomic E-state index is -0.353. The Morgan fingerprint density at radius 2 is 2.06 bits per heavy atom. The second kappa shape index (κ2) is 3.91. The van der Waals surface area contributed by atoms with E-state index in [0.717, 1.165) is 4.47 Å². The highest BCUT2D eigenvalue weighted by Gasteiger charge is 2.10. The maximum Gasteiger partial charge on any atom is 0.278 e. The lowest BCUT2D eigenvalue weighted by molar-refractivity contribution is 1.17. The van der Waals surface area contributed by atoms with Gasteiger partial charge in [0.05, 0.1) is 0 Å². The predicted molar refractivity (Wildman–Crippen MR) is 69.9 cm³/mol. The Bertz CT molecular complexity index is 775. The third-order valence-corrected chi connectivity index (χ3v) is 2.82. The van der Waals surface area contributed by atoms with Gasteiger partial charge in [0, 0.05) is 10.7 Å². The Morgan fingerprint density at radius 3 is 2.78 bits per heavy atom. The normalized spacial score (nSPS) is 10.9. The van der Waals surface area contributed by atoms with Crippen LogP contribution in [0, 0.1) is 0 Å². The first-order chi connectivity index (χ1) is 8.63. The summed E-state index contributed by atoms with van der Waals surface area (Å²) in [6.45, 7) is 0. The number of nitrogens with one attached hydrogen (secondary N) is 2. The summed E-state index contributed by atoms with van der Waals surface area (Å²) < 4.78 is 0.863. The fourth-order valence-electron chi connectivity index (χ4n) is 1.56. The number of fused-ring (bicyclic) bond motifs is 1. The number of rotatable bonds is 1. The maximum atomic E-state index is 11.6. The van der Waals surface area contributed by atoms with Crippen molar-refractivity contribution < 1.29 is 0 Å². The van der Waals surface area contributed by atoms with Crippen molar-refractivity contribution in [3.05, 3.63) is 33.2 Å². The molecule has 3 aromatic rings. The largest absolute Gasteiger partial charge is 0.369 e. The number of aromatic nitrogens is 5. The molecule has 7 nitrogen and oxygen atoms in total. The van der Waals surface area contributed by atoms with Crippen molar-refractivity contribution in [1.82, 2.24) is 24.9 Å². The first-order valence-corrected chi connectivity index (χ1v) is 5.80. The molecule has 0 spiro atoms. The summed E-state index contributed by atoms with van der Waals surface area (Å²) in [6.07, 6.45) is 1.65. The Hall–Kier alpha value is -2.22. The molecule has 3 aromatic heterocycles. The van der Waals surface area contributed by atoms with E-state index in [9.17, 15) is 4.79 Å². The summed E-state index contributed by atoms with van der Waals surface area (Å²) in [6, 6.07) is 3.61. The molecule has 4 N–H and O–H groups in total. The minimum absolute atomic E-state index is 0.0364. The summed E-state index contributed by atoms with van der Waals surface area (Å²) in [5.41, 5.74) is 6.27. The summed E-state index contributed by atoms with van der Waals surface area (Å²) in [7, 11) is 0. The van der Waals surface area contributed by atoms with E-state index < -0.39 is 0 Å². The van der Waals surface area contributed by atoms with Gasteiger partial charge in [-0.25, -0.2) is 4.98 Å². The highest BCUT2D eigenvalue weighted by atomic mass is 79.9. The lowest BCUT2D eigenvalue weighted by Gasteiger charge is -1.94. The van der Waals surface area contributed by atoms with Crippen LogP contribution in [0.3, 0.4) is 0 Å². The van der Waals surface area contributed by atoms with Crippen LogP contribution in [0.25, 0.3) is 22.7 Å². The van der Waals surface area contributed by atoms with Gasteiger partial charge in [0.15, 0.2) is 17.0 Å². The van der Waals surface area contributed by atoms with Crippen LogP contribution in [0.1, 0.15) is 0 Å². The van der Waals surface area contributed by atoms with Gasteiger partial charge in [0.1, 0.15) is 5.69 Å². The van der Waals surface area contributed by atoms with Crippen LogP contribution in [0.4, 0.5) is 5.95 Å². The lowest BCUT2D eigenvalue weighted by Crippen LogP contribution is -2.10. The number of pyridine rings is 1. The second-order valence-electron chi connectivity index (χ2n) is 3.60. The van der Waals surface area contributed by atoms with Crippen LogP contribution in [0.15, 0.2) is 27.6 Å². The molecule has 0 fully saturated rings. The summed E-state index contributed by atoms with van der Waals surface area (Å²) in [5, 5.41) is 0. The Morgan fingerprint density at radius 1 is 1.22 bits per heavy atom. The van der Waals surface area contributed by atoms with Crippen LogP contribution in [-0.2, 0) is 0 Å². The number of aromatic amines is 2. The number of hydrogen-bond acceptors (Lipinski definition) is 5. The average Bonchev–Trinajstić information content (AvgIpc) is 2.74. The van der Waals surface area contributed by atoms with Crippen molar-refractivity contribution in [3.63, 3.8) is 0 Å². The van der Waals surface area contributed by atoms with Crippen LogP contribution in [0.2, 0.25) is 0 Å². The molecule has 0 aromatic carbocycles. The monoisotopic (exact) mass is 306 g/mol. The Labute approximate surface area is 109 Å². The van der Waals surface area contributed by atoms with Gasteiger partial charge in [-0.2, -0.15) is 4.98 Å². The topological polar surface area (TPSA) is 113 Å². The van der Waals surface area contributed by atoms with Crippen LogP contribution < -0.4 is 11.3 Å². The molecule has 0 aliphatic carbocycles. The zero-order valence-corrected chi connectivity index (χ0v) is 10.5. The van der Waals surface area contributed by atoms with E-state index in [1.807, 2.05) is 6.07 Å². The van der Waals surface area contributed by atoms with Crippen molar-refractivity contribution in [2.45, 2.75) is 0 Å². The molecule has 0 radical (unpaired) electrons. The quantitative estimate of drug-likeness (QED) is 0.622. The molecule has 90 valence electrons. The van der Waals surface area contributed by atoms with Crippen molar-refractivity contribution in [3.8, 4) is 11.5 Å². The summed E-state index contributed by atoms with van der Waals surface area (Å²) >= 11 is 3.30. The number of nitrogen functional groups attached to an aromatic ring is 1. The standard InChI is InChI=1S/C10H7BrN6O/c11-4-1-2-5(13-3-4)7-14-6-8(15-7)16-10(12)17-9(6)18/h1-3H,(H4,12,14,15,16,17,18). The van der Waals surface area contributed by atoms with Crippen molar-refractivity contribution in [2.24, 2.45) is 0 Å². The smallest absolute Gasteiger partial charge is 0.278 e. The van der Waals surface area contributed by atoms with Gasteiger partial charge >= 0.3 is 0 Å². The molecule has 8 heteroatoms. The molecular weight excluding hydrogens is 300 g/mol. The molecule has 3 rings (SSSR count). The highest BCUT2D eigenvalue weighted by Crippen LogP contribution is 2.17. The highest BCUT2D eigenvalue weighted by molar-refractivity contribution is 9.10. The van der Waals surface area contributed by atoms with E-state index in [0.29, 0.717) is 11.5 Å². The van der Waals surface area contributed by atoms with Gasteiger partial charge in [0.2, 0.25) is 5.95 Å². The number of hydrogen-bond donors (Lipinski definition) is 3.